The van der Waals surface area contributed by atoms with Gasteiger partial charge in [0.1, 0.15) is 5.01 Å². The van der Waals surface area contributed by atoms with E-state index in [1.807, 2.05) is 6.07 Å². The van der Waals surface area contributed by atoms with Crippen molar-refractivity contribution in [1.29, 1.82) is 0 Å². The minimum absolute atomic E-state index is 0.273. The summed E-state index contributed by atoms with van der Waals surface area (Å²) in [6.45, 7) is 11.4. The van der Waals surface area contributed by atoms with Crippen LogP contribution in [0.5, 0.6) is 0 Å². The smallest absolute Gasteiger partial charge is 0.107 e. The van der Waals surface area contributed by atoms with E-state index >= 15 is 0 Å². The van der Waals surface area contributed by atoms with Crippen molar-refractivity contribution in [2.45, 2.75) is 57.8 Å². The van der Waals surface area contributed by atoms with Crippen LogP contribution >= 0.6 is 11.3 Å². The number of thiazole rings is 1. The Morgan fingerprint density at radius 1 is 1.10 bits per heavy atom. The molecule has 0 unspecified atom stereocenters. The van der Waals surface area contributed by atoms with Crippen LogP contribution in [0.1, 0.15) is 38.1 Å². The largest absolute Gasteiger partial charge is 0.396 e. The summed E-state index contributed by atoms with van der Waals surface area (Å²) in [5.41, 5.74) is 2.27. The fourth-order valence-corrected chi connectivity index (χ4v) is 5.86. The van der Waals surface area contributed by atoms with Crippen molar-refractivity contribution in [3.8, 4) is 11.3 Å². The van der Waals surface area contributed by atoms with Gasteiger partial charge in [0.2, 0.25) is 0 Å². The van der Waals surface area contributed by atoms with Crippen LogP contribution in [-0.2, 0) is 6.54 Å². The highest BCUT2D eigenvalue weighted by Gasteiger charge is 2.34. The number of aliphatic hydroxyl groups is 1. The van der Waals surface area contributed by atoms with E-state index in [-0.39, 0.29) is 6.61 Å². The van der Waals surface area contributed by atoms with Crippen LogP contribution in [0.3, 0.4) is 0 Å². The van der Waals surface area contributed by atoms with Crippen molar-refractivity contribution in [1.82, 2.24) is 19.7 Å². The second-order valence-electron chi connectivity index (χ2n) is 8.99. The first kappa shape index (κ1) is 21.9. The van der Waals surface area contributed by atoms with E-state index in [0.717, 1.165) is 38.3 Å². The van der Waals surface area contributed by atoms with E-state index in [1.54, 1.807) is 11.3 Å². The number of piperidine rings is 1. The van der Waals surface area contributed by atoms with Gasteiger partial charge in [-0.15, -0.1) is 11.3 Å². The molecule has 1 atom stereocenters. The third-order valence-corrected chi connectivity index (χ3v) is 7.59. The maximum atomic E-state index is 9.69. The number of benzene rings is 1. The van der Waals surface area contributed by atoms with Crippen LogP contribution < -0.4 is 0 Å². The average Bonchev–Trinajstić information content (AvgIpc) is 3.23. The van der Waals surface area contributed by atoms with Crippen molar-refractivity contribution in [2.75, 3.05) is 39.3 Å². The van der Waals surface area contributed by atoms with Gasteiger partial charge in [-0.25, -0.2) is 4.98 Å². The standard InChI is InChI=1S/C24H36N4OS/c1-19(2)27-11-8-21(9-12-27)28-14-13-26(16-22(28)10-15-29)17-24-25-23(18-30-24)20-6-4-3-5-7-20/h3-7,18-19,21-22,29H,8-17H2,1-2H3/t22-/m1/s1. The first-order valence-corrected chi connectivity index (χ1v) is 12.3. The lowest BCUT2D eigenvalue weighted by Crippen LogP contribution is -2.58. The van der Waals surface area contributed by atoms with Gasteiger partial charge in [0.15, 0.2) is 0 Å². The number of piperazine rings is 1. The van der Waals surface area contributed by atoms with Crippen molar-refractivity contribution < 1.29 is 5.11 Å². The maximum Gasteiger partial charge on any atom is 0.107 e. The van der Waals surface area contributed by atoms with E-state index in [9.17, 15) is 5.11 Å². The number of nitrogens with zero attached hydrogens (tertiary/aromatic N) is 4. The molecule has 5 nitrogen and oxygen atoms in total. The zero-order valence-corrected chi connectivity index (χ0v) is 19.2. The molecule has 0 spiro atoms. The van der Waals surface area contributed by atoms with Gasteiger partial charge in [-0.3, -0.25) is 9.80 Å². The fraction of sp³-hybridized carbons (Fsp3) is 0.625. The SMILES string of the molecule is CC(C)N1CCC(N2CCN(Cc3nc(-c4ccccc4)cs3)C[C@H]2CCO)CC1. The molecule has 3 heterocycles. The Morgan fingerprint density at radius 2 is 1.87 bits per heavy atom. The van der Waals surface area contributed by atoms with Crippen molar-refractivity contribution in [2.24, 2.45) is 0 Å². The van der Waals surface area contributed by atoms with E-state index in [2.05, 4.69) is 58.2 Å². The lowest BCUT2D eigenvalue weighted by atomic mass is 9.97. The quantitative estimate of drug-likeness (QED) is 0.731. The summed E-state index contributed by atoms with van der Waals surface area (Å²) < 4.78 is 0. The number of hydrogen-bond acceptors (Lipinski definition) is 6. The van der Waals surface area contributed by atoms with Crippen molar-refractivity contribution >= 4 is 11.3 Å². The molecule has 6 heteroatoms. The van der Waals surface area contributed by atoms with Gasteiger partial charge in [0.25, 0.3) is 0 Å². The summed E-state index contributed by atoms with van der Waals surface area (Å²) in [5.74, 6) is 0. The van der Waals surface area contributed by atoms with Crippen LogP contribution in [0, 0.1) is 0 Å². The Kier molecular flexibility index (Phi) is 7.55. The summed E-state index contributed by atoms with van der Waals surface area (Å²) in [4.78, 5) is 12.7. The Labute approximate surface area is 185 Å². The topological polar surface area (TPSA) is 42.8 Å². The molecule has 1 N–H and O–H groups in total. The first-order valence-electron chi connectivity index (χ1n) is 11.5. The molecular weight excluding hydrogens is 392 g/mol. The lowest BCUT2D eigenvalue weighted by Gasteiger charge is -2.48. The van der Waals surface area contributed by atoms with Crippen LogP contribution in [0.4, 0.5) is 0 Å². The molecule has 0 amide bonds. The average molecular weight is 429 g/mol. The lowest BCUT2D eigenvalue weighted by molar-refractivity contribution is -0.0000364. The van der Waals surface area contributed by atoms with E-state index in [4.69, 9.17) is 4.98 Å². The third-order valence-electron chi connectivity index (χ3n) is 6.75. The Morgan fingerprint density at radius 3 is 2.57 bits per heavy atom. The van der Waals surface area contributed by atoms with Crippen LogP contribution in [0.2, 0.25) is 0 Å². The van der Waals surface area contributed by atoms with Gasteiger partial charge >= 0.3 is 0 Å². The molecule has 0 aliphatic carbocycles. The molecule has 4 rings (SSSR count). The number of aromatic nitrogens is 1. The minimum atomic E-state index is 0.273. The maximum absolute atomic E-state index is 9.69. The third kappa shape index (κ3) is 5.29. The molecule has 1 aromatic carbocycles. The molecule has 2 saturated heterocycles. The Balaban J connectivity index is 1.35. The highest BCUT2D eigenvalue weighted by Crippen LogP contribution is 2.26. The second-order valence-corrected chi connectivity index (χ2v) is 9.94. The van der Waals surface area contributed by atoms with Crippen LogP contribution in [0.25, 0.3) is 11.3 Å². The Hall–Kier alpha value is -1.31. The monoisotopic (exact) mass is 428 g/mol. The van der Waals surface area contributed by atoms with E-state index in [0.29, 0.717) is 18.1 Å². The van der Waals surface area contributed by atoms with Gasteiger partial charge in [0, 0.05) is 55.3 Å². The summed E-state index contributed by atoms with van der Waals surface area (Å²) in [7, 11) is 0. The normalized spacial score (nSPS) is 22.7. The zero-order valence-electron chi connectivity index (χ0n) is 18.4. The summed E-state index contributed by atoms with van der Waals surface area (Å²) in [5, 5.41) is 13.1. The fourth-order valence-electron chi connectivity index (χ4n) is 5.01. The molecule has 1 aromatic heterocycles. The summed E-state index contributed by atoms with van der Waals surface area (Å²) >= 11 is 1.76. The minimum Gasteiger partial charge on any atom is -0.396 e. The van der Waals surface area contributed by atoms with Gasteiger partial charge in [-0.05, 0) is 46.2 Å². The number of hydrogen-bond donors (Lipinski definition) is 1. The van der Waals surface area contributed by atoms with Crippen molar-refractivity contribution in [3.63, 3.8) is 0 Å². The predicted octanol–water partition coefficient (Wildman–Crippen LogP) is 3.55. The molecule has 2 fully saturated rings. The van der Waals surface area contributed by atoms with Gasteiger partial charge < -0.3 is 10.0 Å². The first-order chi connectivity index (χ1) is 14.6. The predicted molar refractivity (Wildman–Crippen MR) is 125 cm³/mol. The number of likely N-dealkylation sites (tertiary alicyclic amines) is 1. The van der Waals surface area contributed by atoms with Crippen LogP contribution in [-0.4, -0.2) is 82.2 Å². The molecule has 2 aliphatic rings. The zero-order chi connectivity index (χ0) is 20.9. The summed E-state index contributed by atoms with van der Waals surface area (Å²) in [6.07, 6.45) is 3.38. The molecule has 0 radical (unpaired) electrons. The van der Waals surface area contributed by atoms with Crippen LogP contribution in [0.15, 0.2) is 35.7 Å². The highest BCUT2D eigenvalue weighted by atomic mass is 32.1. The number of rotatable bonds is 7. The van der Waals surface area contributed by atoms with Gasteiger partial charge in [-0.2, -0.15) is 0 Å². The van der Waals surface area contributed by atoms with E-state index in [1.165, 1.54) is 36.5 Å². The number of aliphatic hydroxyl groups excluding tert-OH is 1. The molecule has 164 valence electrons. The molecule has 2 aliphatic heterocycles. The second kappa shape index (κ2) is 10.3. The summed E-state index contributed by atoms with van der Waals surface area (Å²) in [6, 6.07) is 12.2. The van der Waals surface area contributed by atoms with Gasteiger partial charge in [0.05, 0.1) is 12.2 Å². The molecule has 0 bridgehead atoms. The van der Waals surface area contributed by atoms with E-state index < -0.39 is 0 Å². The van der Waals surface area contributed by atoms with Crippen molar-refractivity contribution in [3.05, 3.63) is 40.7 Å². The highest BCUT2D eigenvalue weighted by molar-refractivity contribution is 7.09. The Bertz CT molecular complexity index is 773. The van der Waals surface area contributed by atoms with Gasteiger partial charge in [-0.1, -0.05) is 30.3 Å². The molecule has 30 heavy (non-hydrogen) atoms. The molecular formula is C24H36N4OS. The molecule has 0 saturated carbocycles. The molecule has 2 aromatic rings.